The zero-order chi connectivity index (χ0) is 26.6. The van der Waals surface area contributed by atoms with Crippen LogP contribution in [0.3, 0.4) is 0 Å². The molecule has 2 N–H and O–H groups in total. The molecule has 3 aliphatic rings. The summed E-state index contributed by atoms with van der Waals surface area (Å²) >= 11 is 0. The minimum absolute atomic E-state index is 0.0701. The summed E-state index contributed by atoms with van der Waals surface area (Å²) < 4.78 is 31.7. The molecule has 5 rings (SSSR count). The van der Waals surface area contributed by atoms with E-state index in [-0.39, 0.29) is 23.1 Å². The van der Waals surface area contributed by atoms with Crippen molar-refractivity contribution in [3.8, 4) is 0 Å². The lowest BCUT2D eigenvalue weighted by atomic mass is 9.73. The lowest BCUT2D eigenvalue weighted by molar-refractivity contribution is -0.192. The highest BCUT2D eigenvalue weighted by Crippen LogP contribution is 2.52. The number of pyridine rings is 1. The highest BCUT2D eigenvalue weighted by Gasteiger charge is 2.46. The number of hydrogen-bond acceptors (Lipinski definition) is 4. The normalized spacial score (nSPS) is 20.3. The molecule has 1 aromatic heterocycles. The number of nitrogens with zero attached hydrogens (tertiary/aromatic N) is 2. The molecule has 0 bridgehead atoms. The fourth-order valence-corrected chi connectivity index (χ4v) is 5.56. The Balaban J connectivity index is 0.000000405. The van der Waals surface area contributed by atoms with Crippen LogP contribution in [0, 0.1) is 0 Å². The van der Waals surface area contributed by atoms with E-state index in [9.17, 15) is 22.8 Å². The lowest BCUT2D eigenvalue weighted by Crippen LogP contribution is -2.44. The maximum absolute atomic E-state index is 12.8. The van der Waals surface area contributed by atoms with Gasteiger partial charge in [-0.1, -0.05) is 24.3 Å². The van der Waals surface area contributed by atoms with Gasteiger partial charge in [0.1, 0.15) is 0 Å². The van der Waals surface area contributed by atoms with Crippen LogP contribution in [0.25, 0.3) is 0 Å². The molecule has 1 spiro atoms. The quantitative estimate of drug-likeness (QED) is 0.625. The highest BCUT2D eigenvalue weighted by molar-refractivity contribution is 5.94. The summed E-state index contributed by atoms with van der Waals surface area (Å²) in [5.74, 6) is -2.21. The SMILES string of the molecule is O=C(CC1CC2(CCN(C(=O)c3cccnc3)CC2)c2ccccc21)NC1CCC1.O=C(O)C(F)(F)F. The maximum Gasteiger partial charge on any atom is 0.490 e. The first-order valence-corrected chi connectivity index (χ1v) is 12.5. The monoisotopic (exact) mass is 517 g/mol. The zero-order valence-corrected chi connectivity index (χ0v) is 20.3. The van der Waals surface area contributed by atoms with Gasteiger partial charge in [-0.05, 0) is 73.1 Å². The Morgan fingerprint density at radius 2 is 1.76 bits per heavy atom. The number of alkyl halides is 3. The molecule has 2 heterocycles. The fraction of sp³-hybridized carbons (Fsp3) is 0.481. The summed E-state index contributed by atoms with van der Waals surface area (Å²) in [7, 11) is 0. The molecule has 2 aromatic rings. The first kappa shape index (κ1) is 26.6. The highest BCUT2D eigenvalue weighted by atomic mass is 19.4. The molecule has 1 aliphatic heterocycles. The van der Waals surface area contributed by atoms with Crippen LogP contribution < -0.4 is 5.32 Å². The van der Waals surface area contributed by atoms with Crippen LogP contribution >= 0.6 is 0 Å². The lowest BCUT2D eigenvalue weighted by Gasteiger charge is -2.40. The van der Waals surface area contributed by atoms with Crippen molar-refractivity contribution in [2.45, 2.75) is 68.5 Å². The van der Waals surface area contributed by atoms with Gasteiger partial charge in [0.25, 0.3) is 5.91 Å². The number of amides is 2. The molecule has 1 saturated heterocycles. The number of carbonyl (C=O) groups is 3. The van der Waals surface area contributed by atoms with Crippen molar-refractivity contribution in [1.29, 1.82) is 0 Å². The first-order chi connectivity index (χ1) is 17.6. The second-order valence-corrected chi connectivity index (χ2v) is 10.0. The molecule has 2 aliphatic carbocycles. The minimum Gasteiger partial charge on any atom is -0.475 e. The number of benzene rings is 1. The number of likely N-dealkylation sites (tertiary alicyclic amines) is 1. The van der Waals surface area contributed by atoms with Crippen molar-refractivity contribution in [3.63, 3.8) is 0 Å². The Morgan fingerprint density at radius 3 is 2.32 bits per heavy atom. The molecule has 1 unspecified atom stereocenters. The maximum atomic E-state index is 12.8. The van der Waals surface area contributed by atoms with Gasteiger partial charge in [0.2, 0.25) is 5.91 Å². The zero-order valence-electron chi connectivity index (χ0n) is 20.3. The average molecular weight is 518 g/mol. The van der Waals surface area contributed by atoms with Crippen molar-refractivity contribution in [2.75, 3.05) is 13.1 Å². The van der Waals surface area contributed by atoms with Gasteiger partial charge in [0, 0.05) is 37.9 Å². The molecule has 0 radical (unpaired) electrons. The standard InChI is InChI=1S/C25H29N3O2.C2HF3O2/c29-23(27-20-6-3-7-20)15-19-16-25(22-9-2-1-8-21(19)22)10-13-28(14-11-25)24(30)18-5-4-12-26-17-18;3-2(4,5)1(6)7/h1-2,4-5,8-9,12,17,19-20H,3,6-7,10-11,13-16H2,(H,27,29);(H,6,7). The third-order valence-corrected chi connectivity index (χ3v) is 7.67. The van der Waals surface area contributed by atoms with Crippen molar-refractivity contribution in [1.82, 2.24) is 15.2 Å². The summed E-state index contributed by atoms with van der Waals surface area (Å²) in [6.45, 7) is 1.51. The molecule has 7 nitrogen and oxygen atoms in total. The minimum atomic E-state index is -5.08. The molecule has 1 atom stereocenters. The molecule has 10 heteroatoms. The number of piperidine rings is 1. The van der Waals surface area contributed by atoms with Gasteiger partial charge in [-0.15, -0.1) is 0 Å². The second-order valence-electron chi connectivity index (χ2n) is 10.0. The Kier molecular flexibility index (Phi) is 7.85. The van der Waals surface area contributed by atoms with E-state index in [0.29, 0.717) is 18.0 Å². The summed E-state index contributed by atoms with van der Waals surface area (Å²) in [6, 6.07) is 12.7. The fourth-order valence-electron chi connectivity index (χ4n) is 5.56. The van der Waals surface area contributed by atoms with Gasteiger partial charge in [0.15, 0.2) is 0 Å². The molecule has 2 fully saturated rings. The van der Waals surface area contributed by atoms with E-state index in [1.165, 1.54) is 17.5 Å². The number of fused-ring (bicyclic) bond motifs is 2. The molecule has 1 saturated carbocycles. The predicted octanol–water partition coefficient (Wildman–Crippen LogP) is 4.44. The number of aromatic nitrogens is 1. The summed E-state index contributed by atoms with van der Waals surface area (Å²) in [5, 5.41) is 10.3. The van der Waals surface area contributed by atoms with Gasteiger partial charge in [-0.2, -0.15) is 13.2 Å². The summed E-state index contributed by atoms with van der Waals surface area (Å²) in [4.78, 5) is 40.4. The number of carboxylic acids is 1. The van der Waals surface area contributed by atoms with E-state index in [4.69, 9.17) is 9.90 Å². The summed E-state index contributed by atoms with van der Waals surface area (Å²) in [6.07, 6.45) is 5.23. The van der Waals surface area contributed by atoms with Gasteiger partial charge >= 0.3 is 12.1 Å². The van der Waals surface area contributed by atoms with Crippen molar-refractivity contribution < 1.29 is 32.7 Å². The molecule has 1 aromatic carbocycles. The number of halogens is 3. The number of nitrogens with one attached hydrogen (secondary N) is 1. The number of hydrogen-bond donors (Lipinski definition) is 2. The van der Waals surface area contributed by atoms with Crippen LogP contribution in [-0.2, 0) is 15.0 Å². The van der Waals surface area contributed by atoms with Gasteiger partial charge in [-0.3, -0.25) is 14.6 Å². The van der Waals surface area contributed by atoms with Crippen LogP contribution in [0.2, 0.25) is 0 Å². The van der Waals surface area contributed by atoms with E-state index >= 15 is 0 Å². The Morgan fingerprint density at radius 1 is 1.08 bits per heavy atom. The van der Waals surface area contributed by atoms with Gasteiger partial charge in [0.05, 0.1) is 5.56 Å². The molecular weight excluding hydrogens is 487 g/mol. The number of rotatable bonds is 4. The van der Waals surface area contributed by atoms with Gasteiger partial charge in [-0.25, -0.2) is 4.79 Å². The number of carbonyl (C=O) groups excluding carboxylic acids is 2. The van der Waals surface area contributed by atoms with Gasteiger partial charge < -0.3 is 15.3 Å². The van der Waals surface area contributed by atoms with Crippen molar-refractivity contribution in [2.24, 2.45) is 0 Å². The van der Waals surface area contributed by atoms with Crippen LogP contribution in [0.1, 0.15) is 72.3 Å². The Bertz CT molecular complexity index is 1130. The van der Waals surface area contributed by atoms with E-state index < -0.39 is 12.1 Å². The van der Waals surface area contributed by atoms with Crippen LogP contribution in [0.4, 0.5) is 13.2 Å². The average Bonchev–Trinajstić information content (AvgIpc) is 3.14. The van der Waals surface area contributed by atoms with Crippen molar-refractivity contribution in [3.05, 3.63) is 65.5 Å². The number of aliphatic carboxylic acids is 1. The third kappa shape index (κ3) is 6.11. The van der Waals surface area contributed by atoms with Crippen LogP contribution in [0.15, 0.2) is 48.8 Å². The first-order valence-electron chi connectivity index (χ1n) is 12.5. The smallest absolute Gasteiger partial charge is 0.475 e. The Hall–Kier alpha value is -3.43. The van der Waals surface area contributed by atoms with Crippen LogP contribution in [0.5, 0.6) is 0 Å². The van der Waals surface area contributed by atoms with E-state index in [1.54, 1.807) is 12.4 Å². The third-order valence-electron chi connectivity index (χ3n) is 7.67. The van der Waals surface area contributed by atoms with E-state index in [1.807, 2.05) is 17.0 Å². The van der Waals surface area contributed by atoms with E-state index in [0.717, 1.165) is 45.2 Å². The molecule has 2 amide bonds. The van der Waals surface area contributed by atoms with Crippen LogP contribution in [-0.4, -0.2) is 58.1 Å². The Labute approximate surface area is 213 Å². The van der Waals surface area contributed by atoms with E-state index in [2.05, 4.69) is 34.6 Å². The van der Waals surface area contributed by atoms with Crippen molar-refractivity contribution >= 4 is 17.8 Å². The second kappa shape index (κ2) is 10.9. The molecule has 37 heavy (non-hydrogen) atoms. The molecule has 198 valence electrons. The topological polar surface area (TPSA) is 99.6 Å². The summed E-state index contributed by atoms with van der Waals surface area (Å²) in [5.41, 5.74) is 3.49. The molecular formula is C27H30F3N3O4. The largest absolute Gasteiger partial charge is 0.490 e. The number of carboxylic acid groups (broad SMARTS) is 1. The predicted molar refractivity (Wildman–Crippen MR) is 129 cm³/mol.